The molecule has 4 aromatic rings. The van der Waals surface area contributed by atoms with E-state index in [1.165, 1.54) is 37.6 Å². The molecule has 0 saturated carbocycles. The normalized spacial score (nSPS) is 11.5. The second-order valence-electron chi connectivity index (χ2n) is 7.54. The van der Waals surface area contributed by atoms with E-state index in [2.05, 4.69) is 10.5 Å². The van der Waals surface area contributed by atoms with Gasteiger partial charge in [0.1, 0.15) is 18.0 Å². The average Bonchev–Trinajstić information content (AvgIpc) is 2.89. The van der Waals surface area contributed by atoms with Gasteiger partial charge in [0.25, 0.3) is 15.9 Å². The smallest absolute Gasteiger partial charge is 0.264 e. The Hall–Kier alpha value is -4.37. The molecule has 0 bridgehead atoms. The van der Waals surface area contributed by atoms with Gasteiger partial charge in [-0.05, 0) is 53.2 Å². The first-order chi connectivity index (χ1) is 16.9. The SMILES string of the molecule is COc1ccc(S(=O)(=O)N(CC(=O)N/N=C\c2c(O)ccc3ccccc23)c2ccccc2)cc1. The van der Waals surface area contributed by atoms with Crippen molar-refractivity contribution in [2.45, 2.75) is 4.90 Å². The molecule has 0 spiro atoms. The van der Waals surface area contributed by atoms with Crippen molar-refractivity contribution in [1.82, 2.24) is 5.43 Å². The molecule has 9 heteroatoms. The van der Waals surface area contributed by atoms with Gasteiger partial charge in [0.15, 0.2) is 0 Å². The van der Waals surface area contributed by atoms with Crippen molar-refractivity contribution in [3.05, 3.63) is 96.6 Å². The van der Waals surface area contributed by atoms with Gasteiger partial charge in [-0.3, -0.25) is 9.10 Å². The van der Waals surface area contributed by atoms with Gasteiger partial charge >= 0.3 is 0 Å². The van der Waals surface area contributed by atoms with Crippen LogP contribution in [-0.4, -0.2) is 39.3 Å². The summed E-state index contributed by atoms with van der Waals surface area (Å²) in [6.45, 7) is -0.503. The van der Waals surface area contributed by atoms with Crippen LogP contribution >= 0.6 is 0 Å². The highest BCUT2D eigenvalue weighted by atomic mass is 32.2. The molecule has 0 saturated heterocycles. The lowest BCUT2D eigenvalue weighted by Crippen LogP contribution is -2.39. The van der Waals surface area contributed by atoms with Crippen LogP contribution in [-0.2, 0) is 14.8 Å². The number of phenolic OH excluding ortho intramolecular Hbond substituents is 1. The van der Waals surface area contributed by atoms with Crippen LogP contribution < -0.4 is 14.5 Å². The van der Waals surface area contributed by atoms with Crippen molar-refractivity contribution in [3.8, 4) is 11.5 Å². The van der Waals surface area contributed by atoms with E-state index >= 15 is 0 Å². The molecule has 0 aliphatic rings. The molecule has 178 valence electrons. The number of hydrogen-bond donors (Lipinski definition) is 2. The minimum atomic E-state index is -4.06. The average molecular weight is 490 g/mol. The summed E-state index contributed by atoms with van der Waals surface area (Å²) in [5.74, 6) is -0.129. The number of nitrogens with zero attached hydrogens (tertiary/aromatic N) is 2. The molecule has 0 heterocycles. The van der Waals surface area contributed by atoms with Crippen LogP contribution in [0.15, 0.2) is 101 Å². The van der Waals surface area contributed by atoms with Crippen LogP contribution in [0.25, 0.3) is 10.8 Å². The number of para-hydroxylation sites is 1. The summed E-state index contributed by atoms with van der Waals surface area (Å²) in [7, 11) is -2.57. The fourth-order valence-electron chi connectivity index (χ4n) is 3.54. The van der Waals surface area contributed by atoms with Gasteiger partial charge in [0.2, 0.25) is 0 Å². The van der Waals surface area contributed by atoms with Crippen LogP contribution in [0.5, 0.6) is 11.5 Å². The second-order valence-corrected chi connectivity index (χ2v) is 9.40. The molecule has 0 radical (unpaired) electrons. The number of methoxy groups -OCH3 is 1. The number of amides is 1. The molecule has 2 N–H and O–H groups in total. The number of benzene rings is 4. The quantitative estimate of drug-likeness (QED) is 0.288. The van der Waals surface area contributed by atoms with Crippen molar-refractivity contribution in [2.75, 3.05) is 18.0 Å². The fourth-order valence-corrected chi connectivity index (χ4v) is 4.96. The molecule has 4 rings (SSSR count). The summed E-state index contributed by atoms with van der Waals surface area (Å²) in [6, 6.07) is 25.0. The van der Waals surface area contributed by atoms with Gasteiger partial charge in [0, 0.05) is 5.56 Å². The van der Waals surface area contributed by atoms with E-state index in [1.807, 2.05) is 24.3 Å². The number of hydrogen-bond acceptors (Lipinski definition) is 6. The first-order valence-corrected chi connectivity index (χ1v) is 12.1. The van der Waals surface area contributed by atoms with Crippen LogP contribution in [0.2, 0.25) is 0 Å². The van der Waals surface area contributed by atoms with Crippen LogP contribution in [0.1, 0.15) is 5.56 Å². The van der Waals surface area contributed by atoms with E-state index in [-0.39, 0.29) is 10.6 Å². The Bertz CT molecular complexity index is 1470. The van der Waals surface area contributed by atoms with E-state index in [4.69, 9.17) is 4.74 Å². The predicted molar refractivity (Wildman–Crippen MR) is 135 cm³/mol. The number of fused-ring (bicyclic) bond motifs is 1. The van der Waals surface area contributed by atoms with Crippen molar-refractivity contribution in [2.24, 2.45) is 5.10 Å². The molecule has 1 amide bonds. The highest BCUT2D eigenvalue weighted by molar-refractivity contribution is 7.92. The molecular formula is C26H23N3O5S. The maximum Gasteiger partial charge on any atom is 0.264 e. The maximum absolute atomic E-state index is 13.4. The Morgan fingerprint density at radius 2 is 1.66 bits per heavy atom. The number of carbonyl (C=O) groups excluding carboxylic acids is 1. The molecule has 0 fully saturated rings. The molecule has 0 aliphatic heterocycles. The van der Waals surface area contributed by atoms with Crippen molar-refractivity contribution >= 4 is 38.6 Å². The highest BCUT2D eigenvalue weighted by Crippen LogP contribution is 2.26. The molecule has 4 aromatic carbocycles. The van der Waals surface area contributed by atoms with Gasteiger partial charge in [-0.15, -0.1) is 0 Å². The number of rotatable bonds is 8. The lowest BCUT2D eigenvalue weighted by Gasteiger charge is -2.23. The van der Waals surface area contributed by atoms with Gasteiger partial charge in [-0.1, -0.05) is 48.5 Å². The number of ether oxygens (including phenoxy) is 1. The Labute approximate surface area is 203 Å². The summed E-state index contributed by atoms with van der Waals surface area (Å²) in [5, 5.41) is 15.9. The number of carbonyl (C=O) groups is 1. The zero-order valence-electron chi connectivity index (χ0n) is 18.8. The molecule has 0 aromatic heterocycles. The van der Waals surface area contributed by atoms with E-state index in [1.54, 1.807) is 42.5 Å². The number of aromatic hydroxyl groups is 1. The van der Waals surface area contributed by atoms with Crippen LogP contribution in [0, 0.1) is 0 Å². The predicted octanol–water partition coefficient (Wildman–Crippen LogP) is 3.90. The zero-order valence-corrected chi connectivity index (χ0v) is 19.6. The number of anilines is 1. The third-order valence-corrected chi connectivity index (χ3v) is 7.10. The molecule has 8 nitrogen and oxygen atoms in total. The summed E-state index contributed by atoms with van der Waals surface area (Å²) in [5.41, 5.74) is 3.13. The van der Waals surface area contributed by atoms with Crippen molar-refractivity contribution in [1.29, 1.82) is 0 Å². The monoisotopic (exact) mass is 489 g/mol. The van der Waals surface area contributed by atoms with Gasteiger partial charge in [-0.2, -0.15) is 5.10 Å². The Morgan fingerprint density at radius 1 is 0.971 bits per heavy atom. The topological polar surface area (TPSA) is 108 Å². The Kier molecular flexibility index (Phi) is 6.98. The highest BCUT2D eigenvalue weighted by Gasteiger charge is 2.27. The van der Waals surface area contributed by atoms with E-state index in [0.717, 1.165) is 15.1 Å². The zero-order chi connectivity index (χ0) is 24.8. The maximum atomic E-state index is 13.4. The van der Waals surface area contributed by atoms with Gasteiger partial charge in [-0.25, -0.2) is 13.8 Å². The molecule has 0 unspecified atom stereocenters. The van der Waals surface area contributed by atoms with Gasteiger partial charge < -0.3 is 9.84 Å². The Balaban J connectivity index is 1.57. The van der Waals surface area contributed by atoms with Crippen molar-refractivity contribution in [3.63, 3.8) is 0 Å². The summed E-state index contributed by atoms with van der Waals surface area (Å²) in [4.78, 5) is 12.7. The third kappa shape index (κ3) is 5.25. The van der Waals surface area contributed by atoms with E-state index < -0.39 is 22.5 Å². The molecule has 0 atom stereocenters. The number of hydrazone groups is 1. The first-order valence-electron chi connectivity index (χ1n) is 10.6. The second kappa shape index (κ2) is 10.3. The largest absolute Gasteiger partial charge is 0.507 e. The Morgan fingerprint density at radius 3 is 2.37 bits per heavy atom. The first kappa shape index (κ1) is 23.8. The number of nitrogens with one attached hydrogen (secondary N) is 1. The lowest BCUT2D eigenvalue weighted by atomic mass is 10.0. The fraction of sp³-hybridized carbons (Fsp3) is 0.0769. The molecule has 0 aliphatic carbocycles. The van der Waals surface area contributed by atoms with Crippen LogP contribution in [0.4, 0.5) is 5.69 Å². The molecule has 35 heavy (non-hydrogen) atoms. The van der Waals surface area contributed by atoms with Gasteiger partial charge in [0.05, 0.1) is 23.9 Å². The van der Waals surface area contributed by atoms with Crippen molar-refractivity contribution < 1.29 is 23.1 Å². The summed E-state index contributed by atoms with van der Waals surface area (Å²) in [6.07, 6.45) is 1.33. The summed E-state index contributed by atoms with van der Waals surface area (Å²) < 4.78 is 32.9. The minimum absolute atomic E-state index is 0.00898. The summed E-state index contributed by atoms with van der Waals surface area (Å²) >= 11 is 0. The van der Waals surface area contributed by atoms with E-state index in [9.17, 15) is 18.3 Å². The molecular weight excluding hydrogens is 466 g/mol. The third-order valence-electron chi connectivity index (χ3n) is 5.31. The van der Waals surface area contributed by atoms with Crippen LogP contribution in [0.3, 0.4) is 0 Å². The van der Waals surface area contributed by atoms with E-state index in [0.29, 0.717) is 17.0 Å². The number of sulfonamides is 1. The standard InChI is InChI=1S/C26H23N3O5S/c1-34-21-12-14-22(15-13-21)35(32,33)29(20-8-3-2-4-9-20)18-26(31)28-27-17-24-23-10-6-5-7-19(23)11-16-25(24)30/h2-17,30H,18H2,1H3,(H,28,31)/b27-17-. The number of phenols is 1. The minimum Gasteiger partial charge on any atom is -0.507 e. The lowest BCUT2D eigenvalue weighted by molar-refractivity contribution is -0.119.